The summed E-state index contributed by atoms with van der Waals surface area (Å²) in [6, 6.07) is 19.9. The third-order valence-electron chi connectivity index (χ3n) is 6.34. The minimum Gasteiger partial charge on any atom is -0.483 e. The van der Waals surface area contributed by atoms with Crippen LogP contribution in [0.25, 0.3) is 0 Å². The molecule has 0 aliphatic carbocycles. The molecular formula is C30H34Cl2N2O3. The number of ether oxygens (including phenoxy) is 1. The highest BCUT2D eigenvalue weighted by Gasteiger charge is 2.30. The van der Waals surface area contributed by atoms with Gasteiger partial charge in [0.1, 0.15) is 11.8 Å². The Kier molecular flexibility index (Phi) is 10.8. The molecule has 37 heavy (non-hydrogen) atoms. The van der Waals surface area contributed by atoms with Gasteiger partial charge in [0.25, 0.3) is 5.91 Å². The third-order valence-corrected chi connectivity index (χ3v) is 7.08. The molecular weight excluding hydrogens is 507 g/mol. The number of rotatable bonds is 12. The number of amides is 2. The number of unbranched alkanes of at least 4 members (excludes halogenated alkanes) is 1. The van der Waals surface area contributed by atoms with E-state index in [1.807, 2.05) is 68.4 Å². The van der Waals surface area contributed by atoms with E-state index >= 15 is 0 Å². The predicted octanol–water partition coefficient (Wildman–Crippen LogP) is 6.55. The number of aryl methyl sites for hydroxylation is 1. The number of hydrogen-bond acceptors (Lipinski definition) is 3. The van der Waals surface area contributed by atoms with Gasteiger partial charge in [-0.1, -0.05) is 85.1 Å². The van der Waals surface area contributed by atoms with E-state index in [9.17, 15) is 9.59 Å². The number of nitrogens with one attached hydrogen (secondary N) is 1. The van der Waals surface area contributed by atoms with Gasteiger partial charge in [-0.15, -0.1) is 0 Å². The lowest BCUT2D eigenvalue weighted by Crippen LogP contribution is -2.51. The Morgan fingerprint density at radius 3 is 2.41 bits per heavy atom. The molecule has 3 aromatic carbocycles. The first-order valence-corrected chi connectivity index (χ1v) is 13.3. The van der Waals surface area contributed by atoms with Crippen LogP contribution in [0.4, 0.5) is 0 Å². The number of carbonyl (C=O) groups excluding carboxylic acids is 2. The molecule has 2 amide bonds. The molecule has 3 aromatic rings. The molecule has 0 heterocycles. The van der Waals surface area contributed by atoms with E-state index in [0.717, 1.165) is 35.1 Å². The van der Waals surface area contributed by atoms with E-state index in [1.54, 1.807) is 17.0 Å². The van der Waals surface area contributed by atoms with Crippen LogP contribution in [0.1, 0.15) is 42.0 Å². The van der Waals surface area contributed by atoms with Crippen LogP contribution < -0.4 is 10.1 Å². The molecule has 0 saturated carbocycles. The minimum absolute atomic E-state index is 0.185. The van der Waals surface area contributed by atoms with E-state index < -0.39 is 6.04 Å². The van der Waals surface area contributed by atoms with Gasteiger partial charge in [0.2, 0.25) is 5.91 Å². The first-order valence-electron chi connectivity index (χ1n) is 12.5. The van der Waals surface area contributed by atoms with Crippen molar-refractivity contribution < 1.29 is 14.3 Å². The van der Waals surface area contributed by atoms with E-state index in [4.69, 9.17) is 27.9 Å². The summed E-state index contributed by atoms with van der Waals surface area (Å²) in [5.74, 6) is 0.158. The van der Waals surface area contributed by atoms with Gasteiger partial charge in [0, 0.05) is 19.5 Å². The Morgan fingerprint density at radius 2 is 1.70 bits per heavy atom. The fraction of sp³-hybridized carbons (Fsp3) is 0.333. The van der Waals surface area contributed by atoms with Crippen LogP contribution in [-0.4, -0.2) is 35.9 Å². The molecule has 7 heteroatoms. The molecule has 5 nitrogen and oxygen atoms in total. The first-order chi connectivity index (χ1) is 17.8. The number of carbonyl (C=O) groups is 2. The zero-order valence-electron chi connectivity index (χ0n) is 21.6. The standard InChI is InChI=1S/C30H34Cl2N2O3/c1-4-5-16-33-30(36)27(18-23-11-7-6-8-12-23)34(19-24-14-15-25(31)26(32)17-24)29(35)20-37-28-13-9-10-21(2)22(28)3/h6-15,17,27H,4-5,16,18-20H2,1-3H3,(H,33,36). The topological polar surface area (TPSA) is 58.6 Å². The van der Waals surface area contributed by atoms with Crippen LogP contribution in [-0.2, 0) is 22.6 Å². The van der Waals surface area contributed by atoms with E-state index in [2.05, 4.69) is 12.2 Å². The maximum atomic E-state index is 13.7. The van der Waals surface area contributed by atoms with Crippen molar-refractivity contribution in [1.29, 1.82) is 0 Å². The largest absolute Gasteiger partial charge is 0.483 e. The van der Waals surface area contributed by atoms with Crippen LogP contribution in [0.3, 0.4) is 0 Å². The molecule has 0 bridgehead atoms. The summed E-state index contributed by atoms with van der Waals surface area (Å²) in [5.41, 5.74) is 3.79. The van der Waals surface area contributed by atoms with Gasteiger partial charge in [0.05, 0.1) is 10.0 Å². The van der Waals surface area contributed by atoms with E-state index in [-0.39, 0.29) is 25.0 Å². The summed E-state index contributed by atoms with van der Waals surface area (Å²) in [4.78, 5) is 28.7. The van der Waals surface area contributed by atoms with Gasteiger partial charge in [-0.3, -0.25) is 9.59 Å². The van der Waals surface area contributed by atoms with Gasteiger partial charge in [-0.2, -0.15) is 0 Å². The van der Waals surface area contributed by atoms with E-state index in [1.165, 1.54) is 0 Å². The summed E-state index contributed by atoms with van der Waals surface area (Å²) in [5, 5.41) is 3.84. The fourth-order valence-corrected chi connectivity index (χ4v) is 4.32. The fourth-order valence-electron chi connectivity index (χ4n) is 4.00. The zero-order valence-corrected chi connectivity index (χ0v) is 23.1. The second-order valence-electron chi connectivity index (χ2n) is 9.11. The SMILES string of the molecule is CCCCNC(=O)C(Cc1ccccc1)N(Cc1ccc(Cl)c(Cl)c1)C(=O)COc1cccc(C)c1C. The van der Waals surface area contributed by atoms with Crippen molar-refractivity contribution in [3.8, 4) is 5.75 Å². The summed E-state index contributed by atoms with van der Waals surface area (Å²) < 4.78 is 5.95. The van der Waals surface area contributed by atoms with Gasteiger partial charge >= 0.3 is 0 Å². The first kappa shape index (κ1) is 28.5. The van der Waals surface area contributed by atoms with Gasteiger partial charge < -0.3 is 15.0 Å². The molecule has 0 aliphatic rings. The highest BCUT2D eigenvalue weighted by atomic mass is 35.5. The van der Waals surface area contributed by atoms with Crippen molar-refractivity contribution in [3.63, 3.8) is 0 Å². The number of benzene rings is 3. The van der Waals surface area contributed by atoms with E-state index in [0.29, 0.717) is 28.8 Å². The summed E-state index contributed by atoms with van der Waals surface area (Å²) >= 11 is 12.4. The van der Waals surface area contributed by atoms with Crippen molar-refractivity contribution >= 4 is 35.0 Å². The van der Waals surface area contributed by atoms with Crippen LogP contribution in [0.5, 0.6) is 5.75 Å². The maximum Gasteiger partial charge on any atom is 0.261 e. The molecule has 1 atom stereocenters. The predicted molar refractivity (Wildman–Crippen MR) is 150 cm³/mol. The molecule has 0 aliphatic heterocycles. The second-order valence-corrected chi connectivity index (χ2v) is 9.92. The quantitative estimate of drug-likeness (QED) is 0.265. The van der Waals surface area contributed by atoms with Crippen LogP contribution >= 0.6 is 23.2 Å². The monoisotopic (exact) mass is 540 g/mol. The molecule has 0 fully saturated rings. The van der Waals surface area contributed by atoms with Crippen molar-refractivity contribution in [2.24, 2.45) is 0 Å². The van der Waals surface area contributed by atoms with Gasteiger partial charge in [0.15, 0.2) is 6.61 Å². The van der Waals surface area contributed by atoms with Crippen molar-refractivity contribution in [2.75, 3.05) is 13.2 Å². The average Bonchev–Trinajstić information content (AvgIpc) is 2.89. The molecule has 3 rings (SSSR count). The van der Waals surface area contributed by atoms with Crippen LogP contribution in [0.2, 0.25) is 10.0 Å². The third kappa shape index (κ3) is 8.24. The van der Waals surface area contributed by atoms with Crippen molar-refractivity contribution in [3.05, 3.63) is 99.0 Å². The minimum atomic E-state index is -0.733. The number of nitrogens with zero attached hydrogens (tertiary/aromatic N) is 1. The Bertz CT molecular complexity index is 1200. The maximum absolute atomic E-state index is 13.7. The molecule has 1 N–H and O–H groups in total. The normalized spacial score (nSPS) is 11.6. The van der Waals surface area contributed by atoms with Crippen LogP contribution in [0.15, 0.2) is 66.7 Å². The number of halogens is 2. The lowest BCUT2D eigenvalue weighted by molar-refractivity contribution is -0.142. The van der Waals surface area contributed by atoms with Crippen LogP contribution in [0, 0.1) is 13.8 Å². The lowest BCUT2D eigenvalue weighted by atomic mass is 10.0. The average molecular weight is 542 g/mol. The van der Waals surface area contributed by atoms with Gasteiger partial charge in [-0.05, 0) is 60.7 Å². The Hall–Kier alpha value is -3.02. The molecule has 0 spiro atoms. The Labute approximate surface area is 229 Å². The van der Waals surface area contributed by atoms with Gasteiger partial charge in [-0.25, -0.2) is 0 Å². The molecule has 0 radical (unpaired) electrons. The highest BCUT2D eigenvalue weighted by Crippen LogP contribution is 2.25. The lowest BCUT2D eigenvalue weighted by Gasteiger charge is -2.31. The summed E-state index contributed by atoms with van der Waals surface area (Å²) in [6.45, 7) is 6.57. The second kappa shape index (κ2) is 14.1. The zero-order chi connectivity index (χ0) is 26.8. The highest BCUT2D eigenvalue weighted by molar-refractivity contribution is 6.42. The molecule has 1 unspecified atom stereocenters. The smallest absolute Gasteiger partial charge is 0.261 e. The summed E-state index contributed by atoms with van der Waals surface area (Å²) in [6.07, 6.45) is 2.19. The molecule has 0 aromatic heterocycles. The van der Waals surface area contributed by atoms with Crippen molar-refractivity contribution in [1.82, 2.24) is 10.2 Å². The molecule has 0 saturated heterocycles. The Balaban J connectivity index is 1.92. The Morgan fingerprint density at radius 1 is 0.946 bits per heavy atom. The molecule has 196 valence electrons. The number of hydrogen-bond donors (Lipinski definition) is 1. The van der Waals surface area contributed by atoms with Crippen molar-refractivity contribution in [2.45, 2.75) is 52.6 Å². The summed E-state index contributed by atoms with van der Waals surface area (Å²) in [7, 11) is 0.